The van der Waals surface area contributed by atoms with E-state index in [9.17, 15) is 9.67 Å². The molecule has 0 aliphatic heterocycles. The fourth-order valence-electron chi connectivity index (χ4n) is 2.75. The monoisotopic (exact) mass is 303 g/mol. The molecule has 1 saturated carbocycles. The van der Waals surface area contributed by atoms with Crippen molar-refractivity contribution in [2.75, 3.05) is 13.2 Å². The number of aromatic nitrogens is 3. The van der Waals surface area contributed by atoms with E-state index in [1.54, 1.807) is 13.8 Å². The summed E-state index contributed by atoms with van der Waals surface area (Å²) in [5.41, 5.74) is -1.45. The van der Waals surface area contributed by atoms with E-state index >= 15 is 0 Å². The van der Waals surface area contributed by atoms with E-state index in [2.05, 4.69) is 15.2 Å². The summed E-state index contributed by atoms with van der Waals surface area (Å²) in [6, 6.07) is 0. The summed E-state index contributed by atoms with van der Waals surface area (Å²) < 4.78 is 23.6. The van der Waals surface area contributed by atoms with Crippen molar-refractivity contribution in [2.24, 2.45) is 0 Å². The number of nitrogens with zero attached hydrogens (tertiary/aromatic N) is 2. The Labute approximate surface area is 118 Å². The van der Waals surface area contributed by atoms with Crippen molar-refractivity contribution in [3.63, 3.8) is 0 Å². The van der Waals surface area contributed by atoms with Gasteiger partial charge in [-0.15, -0.1) is 0 Å². The van der Waals surface area contributed by atoms with Gasteiger partial charge in [-0.05, 0) is 39.5 Å². The van der Waals surface area contributed by atoms with E-state index in [1.807, 2.05) is 0 Å². The summed E-state index contributed by atoms with van der Waals surface area (Å²) in [4.78, 5) is 4.03. The van der Waals surface area contributed by atoms with Gasteiger partial charge < -0.3 is 14.2 Å². The van der Waals surface area contributed by atoms with Crippen molar-refractivity contribution in [2.45, 2.75) is 50.8 Å². The maximum Gasteiger partial charge on any atom is 0.333 e. The number of aliphatic hydroxyl groups is 1. The van der Waals surface area contributed by atoms with Crippen molar-refractivity contribution < 1.29 is 18.7 Å². The van der Waals surface area contributed by atoms with E-state index in [-0.39, 0.29) is 5.66 Å². The third-order valence-corrected chi connectivity index (χ3v) is 6.19. The molecule has 0 radical (unpaired) electrons. The zero-order chi connectivity index (χ0) is 14.6. The predicted molar refractivity (Wildman–Crippen MR) is 73.4 cm³/mol. The molecule has 0 amide bonds. The smallest absolute Gasteiger partial charge is 0.333 e. The molecule has 1 aromatic heterocycles. The van der Waals surface area contributed by atoms with Gasteiger partial charge in [0.15, 0.2) is 5.82 Å². The fourth-order valence-corrected chi connectivity index (χ4v) is 4.99. The van der Waals surface area contributed by atoms with Crippen molar-refractivity contribution in [3.05, 3.63) is 12.2 Å². The average molecular weight is 303 g/mol. The quantitative estimate of drug-likeness (QED) is 0.782. The highest BCUT2D eigenvalue weighted by molar-refractivity contribution is 7.54. The summed E-state index contributed by atoms with van der Waals surface area (Å²) in [7, 11) is -3.20. The number of rotatable bonds is 6. The SMILES string of the molecule is CCOP(=O)(OCC)[C@H]1CCC[C@@](O)(c2ncn[nH]2)C1. The van der Waals surface area contributed by atoms with Crippen LogP contribution in [0.5, 0.6) is 0 Å². The lowest BCUT2D eigenvalue weighted by Crippen LogP contribution is -2.36. The molecule has 0 unspecified atom stereocenters. The van der Waals surface area contributed by atoms with Gasteiger partial charge in [0, 0.05) is 0 Å². The molecule has 1 heterocycles. The molecular formula is C12H22N3O4P. The molecule has 20 heavy (non-hydrogen) atoms. The van der Waals surface area contributed by atoms with Gasteiger partial charge in [0.2, 0.25) is 0 Å². The number of nitrogens with one attached hydrogen (secondary N) is 1. The van der Waals surface area contributed by atoms with Gasteiger partial charge in [0.1, 0.15) is 11.9 Å². The summed E-state index contributed by atoms with van der Waals surface area (Å²) in [5.74, 6) is 0.418. The van der Waals surface area contributed by atoms with Crippen LogP contribution in [0.3, 0.4) is 0 Å². The Kier molecular flexibility index (Phi) is 4.96. The second-order valence-corrected chi connectivity index (χ2v) is 7.32. The van der Waals surface area contributed by atoms with Gasteiger partial charge in [0.05, 0.1) is 18.9 Å². The lowest BCUT2D eigenvalue weighted by atomic mass is 9.84. The Morgan fingerprint density at radius 3 is 2.75 bits per heavy atom. The van der Waals surface area contributed by atoms with E-state index < -0.39 is 13.2 Å². The Hall–Kier alpha value is -0.750. The minimum Gasteiger partial charge on any atom is -0.382 e. The van der Waals surface area contributed by atoms with E-state index in [0.29, 0.717) is 38.3 Å². The highest BCUT2D eigenvalue weighted by atomic mass is 31.2. The van der Waals surface area contributed by atoms with Gasteiger partial charge in [-0.1, -0.05) is 0 Å². The average Bonchev–Trinajstić information content (AvgIpc) is 2.94. The molecule has 2 N–H and O–H groups in total. The molecule has 2 atom stereocenters. The Bertz CT molecular complexity index is 457. The van der Waals surface area contributed by atoms with Crippen LogP contribution in [0.25, 0.3) is 0 Å². The van der Waals surface area contributed by atoms with Crippen LogP contribution in [-0.2, 0) is 19.2 Å². The largest absolute Gasteiger partial charge is 0.382 e. The predicted octanol–water partition coefficient (Wildman–Crippen LogP) is 2.20. The Morgan fingerprint density at radius 1 is 1.50 bits per heavy atom. The van der Waals surface area contributed by atoms with Crippen LogP contribution in [0.2, 0.25) is 0 Å². The zero-order valence-electron chi connectivity index (χ0n) is 11.9. The van der Waals surface area contributed by atoms with Gasteiger partial charge >= 0.3 is 7.60 Å². The highest BCUT2D eigenvalue weighted by Crippen LogP contribution is 2.59. The van der Waals surface area contributed by atoms with Crippen molar-refractivity contribution >= 4 is 7.60 Å². The molecule has 1 fully saturated rings. The minimum atomic E-state index is -3.20. The van der Waals surface area contributed by atoms with Crippen LogP contribution < -0.4 is 0 Å². The molecule has 0 spiro atoms. The van der Waals surface area contributed by atoms with Crippen molar-refractivity contribution in [1.82, 2.24) is 15.2 Å². The number of H-pyrrole nitrogens is 1. The van der Waals surface area contributed by atoms with Crippen LogP contribution >= 0.6 is 7.60 Å². The molecule has 1 aliphatic carbocycles. The fraction of sp³-hybridized carbons (Fsp3) is 0.833. The molecular weight excluding hydrogens is 281 g/mol. The topological polar surface area (TPSA) is 97.3 Å². The first-order valence-corrected chi connectivity index (χ1v) is 8.62. The summed E-state index contributed by atoms with van der Waals surface area (Å²) >= 11 is 0. The highest BCUT2D eigenvalue weighted by Gasteiger charge is 2.46. The lowest BCUT2D eigenvalue weighted by Gasteiger charge is -2.37. The standard InChI is InChI=1S/C12H22N3O4P/c1-3-18-20(17,19-4-2)10-6-5-7-12(16,8-10)11-13-9-14-15-11/h9-10,16H,3-8H2,1-2H3,(H,13,14,15)/t10-,12-/m0/s1. The van der Waals surface area contributed by atoms with E-state index in [1.165, 1.54) is 6.33 Å². The molecule has 1 aromatic rings. The van der Waals surface area contributed by atoms with Crippen LogP contribution in [0.15, 0.2) is 6.33 Å². The normalized spacial score (nSPS) is 27.6. The molecule has 7 nitrogen and oxygen atoms in total. The maximum absolute atomic E-state index is 12.8. The zero-order valence-corrected chi connectivity index (χ0v) is 12.8. The first-order chi connectivity index (χ1) is 9.54. The molecule has 0 saturated heterocycles. The third-order valence-electron chi connectivity index (χ3n) is 3.62. The first kappa shape index (κ1) is 15.6. The van der Waals surface area contributed by atoms with Crippen LogP contribution in [0, 0.1) is 0 Å². The third kappa shape index (κ3) is 3.11. The second-order valence-electron chi connectivity index (χ2n) is 4.99. The van der Waals surface area contributed by atoms with Gasteiger partial charge in [-0.25, -0.2) is 4.98 Å². The summed E-state index contributed by atoms with van der Waals surface area (Å²) in [6.45, 7) is 4.23. The molecule has 0 aromatic carbocycles. The van der Waals surface area contributed by atoms with Gasteiger partial charge in [0.25, 0.3) is 0 Å². The van der Waals surface area contributed by atoms with E-state index in [0.717, 1.165) is 6.42 Å². The Balaban J connectivity index is 2.19. The molecule has 1 aliphatic rings. The minimum absolute atomic E-state index is 0.305. The van der Waals surface area contributed by atoms with E-state index in [4.69, 9.17) is 9.05 Å². The summed E-state index contributed by atoms with van der Waals surface area (Å²) in [5, 5.41) is 17.2. The number of aromatic amines is 1. The number of hydrogen-bond acceptors (Lipinski definition) is 6. The maximum atomic E-state index is 12.8. The molecule has 0 bridgehead atoms. The Morgan fingerprint density at radius 2 is 2.20 bits per heavy atom. The van der Waals surface area contributed by atoms with Crippen LogP contribution in [0.1, 0.15) is 45.4 Å². The van der Waals surface area contributed by atoms with Crippen molar-refractivity contribution in [3.8, 4) is 0 Å². The summed E-state index contributed by atoms with van der Waals surface area (Å²) in [6.07, 6.45) is 3.69. The first-order valence-electron chi connectivity index (χ1n) is 7.01. The molecule has 114 valence electrons. The lowest BCUT2D eigenvalue weighted by molar-refractivity contribution is -0.0109. The van der Waals surface area contributed by atoms with Crippen molar-refractivity contribution in [1.29, 1.82) is 0 Å². The molecule has 8 heteroatoms. The van der Waals surface area contributed by atoms with Crippen LogP contribution in [-0.4, -0.2) is 39.2 Å². The number of hydrogen-bond donors (Lipinski definition) is 2. The molecule has 2 rings (SSSR count). The van der Waals surface area contributed by atoms with Gasteiger partial charge in [-0.2, -0.15) is 5.10 Å². The van der Waals surface area contributed by atoms with Crippen LogP contribution in [0.4, 0.5) is 0 Å². The second kappa shape index (κ2) is 6.35. The van der Waals surface area contributed by atoms with Gasteiger partial charge in [-0.3, -0.25) is 9.66 Å².